The van der Waals surface area contributed by atoms with Gasteiger partial charge in [-0.15, -0.1) is 24.0 Å². The second kappa shape index (κ2) is 9.19. The predicted molar refractivity (Wildman–Crippen MR) is 114 cm³/mol. The van der Waals surface area contributed by atoms with Crippen molar-refractivity contribution in [2.45, 2.75) is 51.4 Å². The first-order valence-corrected chi connectivity index (χ1v) is 9.54. The van der Waals surface area contributed by atoms with Crippen LogP contribution in [0.25, 0.3) is 0 Å². The highest BCUT2D eigenvalue weighted by Crippen LogP contribution is 2.20. The lowest BCUT2D eigenvalue weighted by Crippen LogP contribution is -2.64. The summed E-state index contributed by atoms with van der Waals surface area (Å²) in [6.45, 7) is 15.6. The van der Waals surface area contributed by atoms with E-state index in [4.69, 9.17) is 4.74 Å². The Bertz CT molecular complexity index is 437. The van der Waals surface area contributed by atoms with Gasteiger partial charge in [0.05, 0.1) is 11.7 Å². The lowest BCUT2D eigenvalue weighted by Gasteiger charge is -2.47. The van der Waals surface area contributed by atoms with E-state index in [1.165, 1.54) is 32.7 Å². The number of fused-ring (bicyclic) bond motifs is 3. The summed E-state index contributed by atoms with van der Waals surface area (Å²) in [7, 11) is 1.90. The van der Waals surface area contributed by atoms with Crippen molar-refractivity contribution >= 4 is 29.9 Å². The van der Waals surface area contributed by atoms with Gasteiger partial charge in [-0.2, -0.15) is 0 Å². The third-order valence-corrected chi connectivity index (χ3v) is 5.36. The minimum atomic E-state index is -0.0448. The standard InChI is InChI=1S/C18H35N5O.HI/c1-18(2,3)24-16-5-7-23(8-6-16)17(19-4)20-13-15-14-21-9-11-22(15)12-10-21;/h15-16H,5-14H2,1-4H3,(H,19,20);1H. The first-order chi connectivity index (χ1) is 11.4. The molecule has 4 aliphatic rings. The van der Waals surface area contributed by atoms with E-state index in [2.05, 4.69) is 45.8 Å². The molecule has 4 heterocycles. The Labute approximate surface area is 170 Å². The van der Waals surface area contributed by atoms with Gasteiger partial charge in [-0.25, -0.2) is 0 Å². The van der Waals surface area contributed by atoms with Crippen LogP contribution in [-0.2, 0) is 4.74 Å². The van der Waals surface area contributed by atoms with E-state index in [1.54, 1.807) is 0 Å². The van der Waals surface area contributed by atoms with Crippen molar-refractivity contribution in [3.63, 3.8) is 0 Å². The van der Waals surface area contributed by atoms with Gasteiger partial charge >= 0.3 is 0 Å². The molecule has 7 heteroatoms. The average Bonchev–Trinajstić information content (AvgIpc) is 2.56. The summed E-state index contributed by atoms with van der Waals surface area (Å²) < 4.78 is 6.13. The molecule has 1 atom stereocenters. The number of halogens is 1. The molecule has 0 aromatic carbocycles. The van der Waals surface area contributed by atoms with Crippen molar-refractivity contribution in [1.82, 2.24) is 20.0 Å². The van der Waals surface area contributed by atoms with Crippen LogP contribution in [0.1, 0.15) is 33.6 Å². The summed E-state index contributed by atoms with van der Waals surface area (Å²) >= 11 is 0. The van der Waals surface area contributed by atoms with Crippen LogP contribution >= 0.6 is 24.0 Å². The summed E-state index contributed by atoms with van der Waals surface area (Å²) in [5, 5.41) is 3.62. The third kappa shape index (κ3) is 5.94. The van der Waals surface area contributed by atoms with Crippen LogP contribution in [-0.4, -0.2) is 97.8 Å². The maximum atomic E-state index is 6.13. The van der Waals surface area contributed by atoms with Gasteiger partial charge in [0, 0.05) is 65.4 Å². The SMILES string of the molecule is CN=C(NCC1CN2CCN1CC2)N1CCC(OC(C)(C)C)CC1.I. The fourth-order valence-corrected chi connectivity index (χ4v) is 4.15. The van der Waals surface area contributed by atoms with Crippen molar-refractivity contribution in [3.05, 3.63) is 0 Å². The molecule has 0 aliphatic carbocycles. The third-order valence-electron chi connectivity index (χ3n) is 5.36. The molecule has 1 N–H and O–H groups in total. The quantitative estimate of drug-likeness (QED) is 0.389. The molecule has 6 nitrogen and oxygen atoms in total. The summed E-state index contributed by atoms with van der Waals surface area (Å²) in [6, 6.07) is 0.631. The molecule has 146 valence electrons. The van der Waals surface area contributed by atoms with Crippen LogP contribution in [0.15, 0.2) is 4.99 Å². The number of ether oxygens (including phenoxy) is 1. The molecule has 25 heavy (non-hydrogen) atoms. The molecule has 4 aliphatic heterocycles. The summed E-state index contributed by atoms with van der Waals surface area (Å²) in [4.78, 5) is 12.1. The fraction of sp³-hybridized carbons (Fsp3) is 0.944. The molecule has 0 aromatic rings. The van der Waals surface area contributed by atoms with E-state index >= 15 is 0 Å². The second-order valence-corrected chi connectivity index (χ2v) is 8.34. The fourth-order valence-electron chi connectivity index (χ4n) is 4.15. The van der Waals surface area contributed by atoms with Crippen LogP contribution < -0.4 is 5.32 Å². The van der Waals surface area contributed by atoms with Gasteiger partial charge in [-0.1, -0.05) is 0 Å². The topological polar surface area (TPSA) is 43.3 Å². The number of nitrogens with zero attached hydrogens (tertiary/aromatic N) is 4. The number of hydrogen-bond acceptors (Lipinski definition) is 4. The number of rotatable bonds is 3. The number of guanidine groups is 1. The van der Waals surface area contributed by atoms with Crippen LogP contribution in [0.5, 0.6) is 0 Å². The first kappa shape index (κ1) is 21.2. The van der Waals surface area contributed by atoms with Crippen LogP contribution in [0, 0.1) is 0 Å². The maximum absolute atomic E-state index is 6.13. The smallest absolute Gasteiger partial charge is 0.193 e. The zero-order chi connectivity index (χ0) is 17.2. The molecule has 0 saturated carbocycles. The second-order valence-electron chi connectivity index (χ2n) is 8.34. The Balaban J connectivity index is 0.00000225. The molecule has 4 rings (SSSR count). The molecule has 0 radical (unpaired) electrons. The van der Waals surface area contributed by atoms with E-state index in [9.17, 15) is 0 Å². The molecular weight excluding hydrogens is 429 g/mol. The average molecular weight is 465 g/mol. The normalized spacial score (nSPS) is 31.0. The number of piperazine rings is 3. The van der Waals surface area contributed by atoms with Gasteiger partial charge < -0.3 is 15.0 Å². The Kier molecular flexibility index (Phi) is 7.79. The molecule has 4 saturated heterocycles. The van der Waals surface area contributed by atoms with Crippen molar-refractivity contribution < 1.29 is 4.74 Å². The zero-order valence-corrected chi connectivity index (χ0v) is 18.7. The minimum absolute atomic E-state index is 0. The van der Waals surface area contributed by atoms with Crippen molar-refractivity contribution in [2.75, 3.05) is 59.4 Å². The van der Waals surface area contributed by atoms with Crippen molar-refractivity contribution in [3.8, 4) is 0 Å². The van der Waals surface area contributed by atoms with Gasteiger partial charge in [0.25, 0.3) is 0 Å². The van der Waals surface area contributed by atoms with Gasteiger partial charge in [0.2, 0.25) is 0 Å². The largest absolute Gasteiger partial charge is 0.372 e. The molecule has 1 unspecified atom stereocenters. The lowest BCUT2D eigenvalue weighted by molar-refractivity contribution is -0.0773. The number of nitrogens with one attached hydrogen (secondary N) is 1. The van der Waals surface area contributed by atoms with Gasteiger partial charge in [0.1, 0.15) is 0 Å². The maximum Gasteiger partial charge on any atom is 0.193 e. The van der Waals surface area contributed by atoms with Gasteiger partial charge in [-0.05, 0) is 33.6 Å². The van der Waals surface area contributed by atoms with Crippen molar-refractivity contribution in [1.29, 1.82) is 0 Å². The Morgan fingerprint density at radius 3 is 2.20 bits per heavy atom. The highest BCUT2D eigenvalue weighted by Gasteiger charge is 2.32. The minimum Gasteiger partial charge on any atom is -0.372 e. The van der Waals surface area contributed by atoms with Gasteiger partial charge in [0.15, 0.2) is 5.96 Å². The van der Waals surface area contributed by atoms with E-state index in [0.29, 0.717) is 12.1 Å². The number of piperidine rings is 1. The molecule has 0 aromatic heterocycles. The van der Waals surface area contributed by atoms with Crippen molar-refractivity contribution in [2.24, 2.45) is 4.99 Å². The Morgan fingerprint density at radius 1 is 1.08 bits per heavy atom. The molecule has 0 spiro atoms. The van der Waals surface area contributed by atoms with E-state index < -0.39 is 0 Å². The number of aliphatic imine (C=N–C) groups is 1. The van der Waals surface area contributed by atoms with Crippen LogP contribution in [0.4, 0.5) is 0 Å². The Hall–Kier alpha value is -0.120. The van der Waals surface area contributed by atoms with Gasteiger partial charge in [-0.3, -0.25) is 14.8 Å². The predicted octanol–water partition coefficient (Wildman–Crippen LogP) is 1.46. The van der Waals surface area contributed by atoms with E-state index in [-0.39, 0.29) is 29.6 Å². The highest BCUT2D eigenvalue weighted by atomic mass is 127. The van der Waals surface area contributed by atoms with Crippen LogP contribution in [0.3, 0.4) is 0 Å². The number of likely N-dealkylation sites (tertiary alicyclic amines) is 1. The van der Waals surface area contributed by atoms with E-state index in [0.717, 1.165) is 38.4 Å². The molecule has 4 fully saturated rings. The van der Waals surface area contributed by atoms with Crippen LogP contribution in [0.2, 0.25) is 0 Å². The summed E-state index contributed by atoms with van der Waals surface area (Å²) in [6.07, 6.45) is 2.55. The number of hydrogen-bond donors (Lipinski definition) is 1. The molecular formula is C18H36IN5O. The molecule has 2 bridgehead atoms. The first-order valence-electron chi connectivity index (χ1n) is 9.54. The zero-order valence-electron chi connectivity index (χ0n) is 16.3. The van der Waals surface area contributed by atoms with E-state index in [1.807, 2.05) is 7.05 Å². The Morgan fingerprint density at radius 2 is 1.72 bits per heavy atom. The highest BCUT2D eigenvalue weighted by molar-refractivity contribution is 14.0. The lowest BCUT2D eigenvalue weighted by atomic mass is 10.1. The monoisotopic (exact) mass is 465 g/mol. The summed E-state index contributed by atoms with van der Waals surface area (Å²) in [5.74, 6) is 1.06. The molecule has 0 amide bonds. The summed E-state index contributed by atoms with van der Waals surface area (Å²) in [5.41, 5.74) is -0.0448.